The van der Waals surface area contributed by atoms with Crippen molar-refractivity contribution in [1.29, 1.82) is 0 Å². The molecule has 0 bridgehead atoms. The molecule has 0 atom stereocenters. The number of hydrogen-bond acceptors (Lipinski definition) is 1. The summed E-state index contributed by atoms with van der Waals surface area (Å²) < 4.78 is 8.88. The largest absolute Gasteiger partial charge is 0.455 e. The molecule has 0 aliphatic heterocycles. The Labute approximate surface area is 161 Å². The highest BCUT2D eigenvalue weighted by Crippen LogP contribution is 2.41. The quantitative estimate of drug-likeness (QED) is 0.379. The molecule has 4 aromatic rings. The van der Waals surface area contributed by atoms with Gasteiger partial charge in [-0.3, -0.25) is 0 Å². The highest BCUT2D eigenvalue weighted by atomic mass is 16.5. The third kappa shape index (κ3) is 2.80. The van der Waals surface area contributed by atoms with Gasteiger partial charge in [0.1, 0.15) is 5.75 Å². The number of aryl methyl sites for hydroxylation is 2. The molecule has 1 aromatic heterocycles. The normalized spacial score (nSPS) is 12.0. The van der Waals surface area contributed by atoms with Gasteiger partial charge in [-0.1, -0.05) is 69.3 Å². The maximum Gasteiger partial charge on any atom is 0.154 e. The molecule has 0 saturated carbocycles. The number of rotatable bonds is 4. The van der Waals surface area contributed by atoms with Crippen molar-refractivity contribution in [2.24, 2.45) is 7.05 Å². The third-order valence-corrected chi connectivity index (χ3v) is 5.93. The van der Waals surface area contributed by atoms with E-state index in [1.54, 1.807) is 0 Å². The summed E-state index contributed by atoms with van der Waals surface area (Å²) in [7, 11) is 2.12. The summed E-state index contributed by atoms with van der Waals surface area (Å²) in [6, 6.07) is 21.4. The van der Waals surface area contributed by atoms with E-state index in [0.29, 0.717) is 0 Å². The predicted octanol–water partition coefficient (Wildman–Crippen LogP) is 7.12. The summed E-state index contributed by atoms with van der Waals surface area (Å²) in [4.78, 5) is 0. The summed E-state index contributed by atoms with van der Waals surface area (Å²) in [5.41, 5.74) is 4.85. The first-order valence-corrected chi connectivity index (χ1v) is 9.68. The lowest BCUT2D eigenvalue weighted by Crippen LogP contribution is -2.16. The first kappa shape index (κ1) is 17.7. The van der Waals surface area contributed by atoms with E-state index in [2.05, 4.69) is 100.0 Å². The van der Waals surface area contributed by atoms with Gasteiger partial charge in [-0.25, -0.2) is 0 Å². The number of fused-ring (bicyclic) bond motifs is 3. The number of aromatic nitrogens is 1. The molecule has 0 spiro atoms. The molecule has 0 radical (unpaired) electrons. The fourth-order valence-electron chi connectivity index (χ4n) is 3.88. The molecule has 4 rings (SSSR count). The van der Waals surface area contributed by atoms with Crippen molar-refractivity contribution in [1.82, 2.24) is 4.57 Å². The molecule has 2 nitrogen and oxygen atoms in total. The second-order valence-corrected chi connectivity index (χ2v) is 8.02. The second-order valence-electron chi connectivity index (χ2n) is 8.02. The lowest BCUT2D eigenvalue weighted by Gasteiger charge is -2.26. The lowest BCUT2D eigenvalue weighted by molar-refractivity contribution is 0.436. The molecule has 1 heterocycles. The number of nitrogens with zero attached hydrogens (tertiary/aromatic N) is 1. The summed E-state index contributed by atoms with van der Waals surface area (Å²) in [6.45, 7) is 8.91. The van der Waals surface area contributed by atoms with Crippen LogP contribution in [0.3, 0.4) is 0 Å². The summed E-state index contributed by atoms with van der Waals surface area (Å²) in [5.74, 6) is 1.90. The molecular formula is C25H27NO. The predicted molar refractivity (Wildman–Crippen MR) is 115 cm³/mol. The number of benzene rings is 3. The van der Waals surface area contributed by atoms with Gasteiger partial charge in [-0.2, -0.15) is 0 Å². The van der Waals surface area contributed by atoms with Gasteiger partial charge in [0.15, 0.2) is 5.75 Å². The van der Waals surface area contributed by atoms with Crippen LogP contribution in [0.5, 0.6) is 11.5 Å². The monoisotopic (exact) mass is 357 g/mol. The standard InChI is InChI=1S/C25H27NO/c1-6-25(3,4)20-12-8-10-14-22(20)27-24-17(2)15-16-19-18-11-7-9-13-21(18)26(5)23(19)24/h7-16H,6H2,1-5H3. The minimum atomic E-state index is 0.0668. The Morgan fingerprint density at radius 2 is 1.59 bits per heavy atom. The molecule has 0 aliphatic carbocycles. The van der Waals surface area contributed by atoms with Crippen LogP contribution in [-0.2, 0) is 12.5 Å². The smallest absolute Gasteiger partial charge is 0.154 e. The van der Waals surface area contributed by atoms with Crippen molar-refractivity contribution in [3.05, 3.63) is 71.8 Å². The van der Waals surface area contributed by atoms with Crippen LogP contribution in [0, 0.1) is 6.92 Å². The molecule has 0 fully saturated rings. The van der Waals surface area contributed by atoms with Crippen LogP contribution < -0.4 is 4.74 Å². The van der Waals surface area contributed by atoms with E-state index in [1.807, 2.05) is 0 Å². The molecule has 0 unspecified atom stereocenters. The Morgan fingerprint density at radius 1 is 0.889 bits per heavy atom. The topological polar surface area (TPSA) is 14.2 Å². The van der Waals surface area contributed by atoms with Gasteiger partial charge in [0, 0.05) is 28.9 Å². The Bertz CT molecular complexity index is 1130. The van der Waals surface area contributed by atoms with E-state index in [9.17, 15) is 0 Å². The molecule has 0 amide bonds. The van der Waals surface area contributed by atoms with Gasteiger partial charge in [0.25, 0.3) is 0 Å². The molecule has 2 heteroatoms. The molecule has 3 aromatic carbocycles. The van der Waals surface area contributed by atoms with Gasteiger partial charge >= 0.3 is 0 Å². The average Bonchev–Trinajstić information content (AvgIpc) is 2.97. The van der Waals surface area contributed by atoms with Crippen molar-refractivity contribution in [2.75, 3.05) is 0 Å². The van der Waals surface area contributed by atoms with E-state index in [1.165, 1.54) is 21.9 Å². The maximum absolute atomic E-state index is 6.63. The van der Waals surface area contributed by atoms with Crippen molar-refractivity contribution >= 4 is 21.8 Å². The highest BCUT2D eigenvalue weighted by Gasteiger charge is 2.23. The van der Waals surface area contributed by atoms with E-state index >= 15 is 0 Å². The molecule has 0 N–H and O–H groups in total. The summed E-state index contributed by atoms with van der Waals surface area (Å²) >= 11 is 0. The van der Waals surface area contributed by atoms with Gasteiger partial charge in [0.05, 0.1) is 5.52 Å². The lowest BCUT2D eigenvalue weighted by atomic mass is 9.82. The fourth-order valence-corrected chi connectivity index (χ4v) is 3.88. The van der Waals surface area contributed by atoms with E-state index in [4.69, 9.17) is 4.74 Å². The highest BCUT2D eigenvalue weighted by molar-refractivity contribution is 6.10. The Balaban J connectivity index is 1.95. The van der Waals surface area contributed by atoms with Crippen LogP contribution in [0.15, 0.2) is 60.7 Å². The van der Waals surface area contributed by atoms with Crippen LogP contribution in [0.4, 0.5) is 0 Å². The van der Waals surface area contributed by atoms with Crippen LogP contribution in [0.25, 0.3) is 21.8 Å². The molecule has 0 saturated heterocycles. The van der Waals surface area contributed by atoms with Crippen LogP contribution in [-0.4, -0.2) is 4.57 Å². The summed E-state index contributed by atoms with van der Waals surface area (Å²) in [6.07, 6.45) is 1.06. The van der Waals surface area contributed by atoms with Crippen LogP contribution in [0.1, 0.15) is 38.3 Å². The molecule has 138 valence electrons. The minimum Gasteiger partial charge on any atom is -0.455 e. The van der Waals surface area contributed by atoms with E-state index in [0.717, 1.165) is 29.0 Å². The van der Waals surface area contributed by atoms with Crippen molar-refractivity contribution in [3.8, 4) is 11.5 Å². The van der Waals surface area contributed by atoms with Gasteiger partial charge in [-0.05, 0) is 36.5 Å². The van der Waals surface area contributed by atoms with Gasteiger partial charge in [-0.15, -0.1) is 0 Å². The molecular weight excluding hydrogens is 330 g/mol. The Hall–Kier alpha value is -2.74. The van der Waals surface area contributed by atoms with Gasteiger partial charge < -0.3 is 9.30 Å². The second kappa shape index (κ2) is 6.45. The van der Waals surface area contributed by atoms with Crippen molar-refractivity contribution in [3.63, 3.8) is 0 Å². The van der Waals surface area contributed by atoms with Crippen molar-refractivity contribution < 1.29 is 4.74 Å². The number of para-hydroxylation sites is 2. The van der Waals surface area contributed by atoms with Gasteiger partial charge in [0.2, 0.25) is 0 Å². The van der Waals surface area contributed by atoms with Crippen LogP contribution >= 0.6 is 0 Å². The zero-order valence-electron chi connectivity index (χ0n) is 16.8. The Morgan fingerprint density at radius 3 is 2.37 bits per heavy atom. The zero-order valence-corrected chi connectivity index (χ0v) is 16.8. The average molecular weight is 357 g/mol. The fraction of sp³-hybridized carbons (Fsp3) is 0.280. The zero-order chi connectivity index (χ0) is 19.2. The molecule has 0 aliphatic rings. The number of ether oxygens (including phenoxy) is 1. The van der Waals surface area contributed by atoms with Crippen LogP contribution in [0.2, 0.25) is 0 Å². The third-order valence-electron chi connectivity index (χ3n) is 5.93. The summed E-state index contributed by atoms with van der Waals surface area (Å²) in [5, 5.41) is 2.50. The first-order chi connectivity index (χ1) is 12.9. The number of hydrogen-bond donors (Lipinski definition) is 0. The minimum absolute atomic E-state index is 0.0668. The SMILES string of the molecule is CCC(C)(C)c1ccccc1Oc1c(C)ccc2c3ccccc3n(C)c12. The van der Waals surface area contributed by atoms with E-state index < -0.39 is 0 Å². The van der Waals surface area contributed by atoms with Crippen molar-refractivity contribution in [2.45, 2.75) is 39.5 Å². The first-order valence-electron chi connectivity index (χ1n) is 9.68. The molecule has 27 heavy (non-hydrogen) atoms. The maximum atomic E-state index is 6.63. The Kier molecular flexibility index (Phi) is 4.22. The van der Waals surface area contributed by atoms with E-state index in [-0.39, 0.29) is 5.41 Å².